The van der Waals surface area contributed by atoms with Gasteiger partial charge in [0, 0.05) is 18.5 Å². The number of hydrogen-bond donors (Lipinski definition) is 1. The molecular formula is C41H37ClN6O. The molecule has 1 N–H and O–H groups in total. The molecule has 0 saturated heterocycles. The van der Waals surface area contributed by atoms with Gasteiger partial charge < -0.3 is 9.67 Å². The van der Waals surface area contributed by atoms with Gasteiger partial charge in [0.25, 0.3) is 0 Å². The monoisotopic (exact) mass is 664 g/mol. The molecule has 0 spiro atoms. The predicted molar refractivity (Wildman–Crippen MR) is 194 cm³/mol. The van der Waals surface area contributed by atoms with Crippen LogP contribution in [0.15, 0.2) is 140 Å². The predicted octanol–water partition coefficient (Wildman–Crippen LogP) is 8.58. The second-order valence-corrected chi connectivity index (χ2v) is 12.4. The quantitative estimate of drug-likeness (QED) is 0.132. The molecule has 2 aromatic heterocycles. The maximum Gasteiger partial charge on any atom is 0.205 e. The van der Waals surface area contributed by atoms with Crippen LogP contribution in [0, 0.1) is 0 Å². The lowest BCUT2D eigenvalue weighted by atomic mass is 9.77. The summed E-state index contributed by atoms with van der Waals surface area (Å²) in [5.41, 5.74) is 6.89. The number of halogens is 1. The summed E-state index contributed by atoms with van der Waals surface area (Å²) in [5.74, 6) is 1.44. The number of tetrazole rings is 1. The van der Waals surface area contributed by atoms with E-state index in [1.54, 1.807) is 4.80 Å². The molecule has 0 bridgehead atoms. The number of unbranched alkanes of at least 4 members (excludes halogenated alkanes) is 1. The zero-order chi connectivity index (χ0) is 33.6. The highest BCUT2D eigenvalue weighted by Crippen LogP contribution is 2.40. The van der Waals surface area contributed by atoms with Gasteiger partial charge in [-0.2, -0.15) is 0 Å². The van der Waals surface area contributed by atoms with Gasteiger partial charge in [-0.05, 0) is 45.0 Å². The van der Waals surface area contributed by atoms with E-state index < -0.39 is 5.54 Å². The van der Waals surface area contributed by atoms with Gasteiger partial charge in [-0.3, -0.25) is 0 Å². The molecule has 0 aliphatic heterocycles. The van der Waals surface area contributed by atoms with E-state index in [0.29, 0.717) is 23.2 Å². The molecule has 244 valence electrons. The summed E-state index contributed by atoms with van der Waals surface area (Å²) in [4.78, 5) is 6.31. The summed E-state index contributed by atoms with van der Waals surface area (Å²) in [5, 5.41) is 25.0. The summed E-state index contributed by atoms with van der Waals surface area (Å²) in [6.45, 7) is 2.57. The second-order valence-electron chi connectivity index (χ2n) is 12.1. The zero-order valence-corrected chi connectivity index (χ0v) is 28.1. The highest BCUT2D eigenvalue weighted by Gasteiger charge is 2.41. The van der Waals surface area contributed by atoms with Gasteiger partial charge in [-0.25, -0.2) is 4.98 Å². The van der Waals surface area contributed by atoms with Crippen LogP contribution in [-0.2, 0) is 25.1 Å². The standard InChI is InChI=1S/C41H37ClN6O/c1-2-3-23-38-43-39(42)37(29-49)47(38)28-30-24-26-31(27-25-30)35-21-13-14-22-36(35)40-44-46-48(45-40)41(32-15-7-4-8-16-32,33-17-9-5-10-18-33)34-19-11-6-12-20-34/h4-22,24-27,49H,2-3,23,28-29H2,1H3. The molecular weight excluding hydrogens is 628 g/mol. The van der Waals surface area contributed by atoms with Gasteiger partial charge in [0.05, 0.1) is 12.3 Å². The number of benzene rings is 5. The van der Waals surface area contributed by atoms with Crippen molar-refractivity contribution in [3.8, 4) is 22.5 Å². The van der Waals surface area contributed by atoms with Gasteiger partial charge in [-0.15, -0.1) is 15.0 Å². The van der Waals surface area contributed by atoms with E-state index in [1.807, 2.05) is 77.4 Å². The molecule has 8 heteroatoms. The molecule has 0 aliphatic rings. The SMILES string of the molecule is CCCCc1nc(Cl)c(CO)n1Cc1ccc(-c2ccccc2-c2nnn(C(c3ccccc3)(c3ccccc3)c3ccccc3)n2)cc1. The first-order valence-corrected chi connectivity index (χ1v) is 17.0. The first kappa shape index (κ1) is 32.2. The van der Waals surface area contributed by atoms with Crippen molar-refractivity contribution in [3.05, 3.63) is 178 Å². The van der Waals surface area contributed by atoms with Crippen molar-refractivity contribution in [2.75, 3.05) is 0 Å². The molecule has 49 heavy (non-hydrogen) atoms. The molecule has 7 aromatic rings. The van der Waals surface area contributed by atoms with Crippen molar-refractivity contribution >= 4 is 11.6 Å². The van der Waals surface area contributed by atoms with Crippen LogP contribution in [0.2, 0.25) is 5.15 Å². The van der Waals surface area contributed by atoms with Crippen molar-refractivity contribution in [2.24, 2.45) is 0 Å². The van der Waals surface area contributed by atoms with E-state index in [4.69, 9.17) is 27.0 Å². The minimum Gasteiger partial charge on any atom is -0.390 e. The Balaban J connectivity index is 1.28. The van der Waals surface area contributed by atoms with Crippen molar-refractivity contribution in [1.82, 2.24) is 29.8 Å². The fourth-order valence-electron chi connectivity index (χ4n) is 6.62. The lowest BCUT2D eigenvalue weighted by molar-refractivity contribution is 0.271. The molecule has 0 amide bonds. The smallest absolute Gasteiger partial charge is 0.205 e. The minimum absolute atomic E-state index is 0.156. The van der Waals surface area contributed by atoms with Gasteiger partial charge in [0.15, 0.2) is 10.7 Å². The van der Waals surface area contributed by atoms with E-state index in [1.165, 1.54) is 0 Å². The fourth-order valence-corrected chi connectivity index (χ4v) is 6.88. The molecule has 0 aliphatic carbocycles. The van der Waals surface area contributed by atoms with E-state index in [2.05, 4.69) is 78.6 Å². The van der Waals surface area contributed by atoms with Crippen molar-refractivity contribution < 1.29 is 5.11 Å². The molecule has 2 heterocycles. The third-order valence-electron chi connectivity index (χ3n) is 9.07. The summed E-state index contributed by atoms with van der Waals surface area (Å²) >= 11 is 6.40. The summed E-state index contributed by atoms with van der Waals surface area (Å²) in [6, 6.07) is 47.7. The Kier molecular flexibility index (Phi) is 9.46. The van der Waals surface area contributed by atoms with Crippen molar-refractivity contribution in [3.63, 3.8) is 0 Å². The van der Waals surface area contributed by atoms with Gasteiger partial charge in [0.1, 0.15) is 5.82 Å². The number of imidazole rings is 1. The highest BCUT2D eigenvalue weighted by molar-refractivity contribution is 6.30. The van der Waals surface area contributed by atoms with E-state index in [9.17, 15) is 5.11 Å². The number of aliphatic hydroxyl groups excluding tert-OH is 1. The number of rotatable bonds is 12. The average molecular weight is 665 g/mol. The van der Waals surface area contributed by atoms with Crippen LogP contribution in [0.25, 0.3) is 22.5 Å². The first-order valence-electron chi connectivity index (χ1n) is 16.6. The Labute approximate surface area is 291 Å². The van der Waals surface area contributed by atoms with Crippen LogP contribution in [0.5, 0.6) is 0 Å². The van der Waals surface area contributed by atoms with Crippen molar-refractivity contribution in [2.45, 2.75) is 44.9 Å². The Bertz CT molecular complexity index is 2030. The Morgan fingerprint density at radius 2 is 1.24 bits per heavy atom. The third kappa shape index (κ3) is 6.19. The number of aryl methyl sites for hydroxylation is 1. The minimum atomic E-state index is -0.856. The molecule has 5 aromatic carbocycles. The topological polar surface area (TPSA) is 81.7 Å². The molecule has 0 unspecified atom stereocenters. The third-order valence-corrected chi connectivity index (χ3v) is 9.37. The van der Waals surface area contributed by atoms with Gasteiger partial charge in [-0.1, -0.05) is 164 Å². The Morgan fingerprint density at radius 3 is 1.80 bits per heavy atom. The van der Waals surface area contributed by atoms with E-state index in [0.717, 1.165) is 64.0 Å². The van der Waals surface area contributed by atoms with Crippen LogP contribution < -0.4 is 0 Å². The Hall–Kier alpha value is -5.37. The van der Waals surface area contributed by atoms with E-state index >= 15 is 0 Å². The molecule has 0 saturated carbocycles. The largest absolute Gasteiger partial charge is 0.390 e. The summed E-state index contributed by atoms with van der Waals surface area (Å²) in [6.07, 6.45) is 2.88. The average Bonchev–Trinajstić information content (AvgIpc) is 3.77. The normalized spacial score (nSPS) is 11.6. The van der Waals surface area contributed by atoms with Crippen LogP contribution in [0.4, 0.5) is 0 Å². The van der Waals surface area contributed by atoms with Gasteiger partial charge >= 0.3 is 0 Å². The summed E-state index contributed by atoms with van der Waals surface area (Å²) in [7, 11) is 0. The lowest BCUT2D eigenvalue weighted by Gasteiger charge is -2.34. The van der Waals surface area contributed by atoms with Crippen LogP contribution in [0.1, 0.15) is 53.5 Å². The van der Waals surface area contributed by atoms with Crippen LogP contribution >= 0.6 is 11.6 Å². The highest BCUT2D eigenvalue weighted by atomic mass is 35.5. The fraction of sp³-hybridized carbons (Fsp3) is 0.171. The van der Waals surface area contributed by atoms with Crippen LogP contribution in [0.3, 0.4) is 0 Å². The molecule has 7 nitrogen and oxygen atoms in total. The molecule has 0 radical (unpaired) electrons. The number of aromatic nitrogens is 6. The van der Waals surface area contributed by atoms with Gasteiger partial charge in [0.2, 0.25) is 5.82 Å². The lowest BCUT2D eigenvalue weighted by Crippen LogP contribution is -2.39. The number of nitrogens with zero attached hydrogens (tertiary/aromatic N) is 6. The number of hydrogen-bond acceptors (Lipinski definition) is 5. The first-order chi connectivity index (χ1) is 24.1. The van der Waals surface area contributed by atoms with Crippen LogP contribution in [-0.4, -0.2) is 34.9 Å². The van der Waals surface area contributed by atoms with Crippen molar-refractivity contribution in [1.29, 1.82) is 0 Å². The molecule has 7 rings (SSSR count). The molecule has 0 fully saturated rings. The van der Waals surface area contributed by atoms with E-state index in [-0.39, 0.29) is 6.61 Å². The second kappa shape index (κ2) is 14.4. The maximum atomic E-state index is 10.0. The summed E-state index contributed by atoms with van der Waals surface area (Å²) < 4.78 is 2.04. The molecule has 0 atom stereocenters. The zero-order valence-electron chi connectivity index (χ0n) is 27.3. The Morgan fingerprint density at radius 1 is 0.694 bits per heavy atom. The maximum absolute atomic E-state index is 10.0. The number of aliphatic hydroxyl groups is 1.